The second-order valence-electron chi connectivity index (χ2n) is 4.38. The molecule has 1 saturated heterocycles. The van der Waals surface area contributed by atoms with Gasteiger partial charge in [-0.05, 0) is 18.6 Å². The Hall–Kier alpha value is -1.32. The highest BCUT2D eigenvalue weighted by Gasteiger charge is 2.12. The quantitative estimate of drug-likeness (QED) is 0.865. The molecule has 92 valence electrons. The summed E-state index contributed by atoms with van der Waals surface area (Å²) >= 11 is 0. The van der Waals surface area contributed by atoms with Crippen LogP contribution in [0.3, 0.4) is 0 Å². The van der Waals surface area contributed by atoms with Gasteiger partial charge in [0.15, 0.2) is 0 Å². The zero-order chi connectivity index (χ0) is 12.1. The van der Waals surface area contributed by atoms with Crippen LogP contribution in [0.1, 0.15) is 12.5 Å². The first-order valence-corrected chi connectivity index (χ1v) is 6.13. The number of morpholine rings is 1. The van der Waals surface area contributed by atoms with Gasteiger partial charge < -0.3 is 15.4 Å². The second-order valence-corrected chi connectivity index (χ2v) is 4.38. The van der Waals surface area contributed by atoms with Crippen LogP contribution in [-0.4, -0.2) is 32.3 Å². The zero-order valence-corrected chi connectivity index (χ0v) is 10.3. The molecule has 3 nitrogen and oxygen atoms in total. The van der Waals surface area contributed by atoms with Crippen molar-refractivity contribution in [3.8, 4) is 0 Å². The second kappa shape index (κ2) is 5.84. The van der Waals surface area contributed by atoms with Crippen molar-refractivity contribution < 1.29 is 4.74 Å². The van der Waals surface area contributed by atoms with E-state index < -0.39 is 0 Å². The van der Waals surface area contributed by atoms with Gasteiger partial charge in [-0.2, -0.15) is 0 Å². The fraction of sp³-hybridized carbons (Fsp3) is 0.429. The molecule has 1 fully saturated rings. The number of anilines is 1. The van der Waals surface area contributed by atoms with Crippen LogP contribution < -0.4 is 10.6 Å². The number of hydrogen-bond donors (Lipinski definition) is 1. The highest BCUT2D eigenvalue weighted by atomic mass is 16.5. The predicted molar refractivity (Wildman–Crippen MR) is 72.2 cm³/mol. The van der Waals surface area contributed by atoms with E-state index in [1.165, 1.54) is 11.3 Å². The molecule has 0 bridgehead atoms. The molecule has 2 N–H and O–H groups in total. The minimum absolute atomic E-state index is 0.0905. The van der Waals surface area contributed by atoms with Crippen LogP contribution in [0.25, 0.3) is 6.08 Å². The molecule has 1 aromatic rings. The van der Waals surface area contributed by atoms with Crippen molar-refractivity contribution in [3.05, 3.63) is 35.9 Å². The highest BCUT2D eigenvalue weighted by Crippen LogP contribution is 2.22. The summed E-state index contributed by atoms with van der Waals surface area (Å²) in [6.45, 7) is 5.52. The Morgan fingerprint density at radius 1 is 1.29 bits per heavy atom. The third-order valence-corrected chi connectivity index (χ3v) is 2.87. The van der Waals surface area contributed by atoms with Gasteiger partial charge in [-0.25, -0.2) is 0 Å². The van der Waals surface area contributed by atoms with Gasteiger partial charge in [0.25, 0.3) is 0 Å². The van der Waals surface area contributed by atoms with Crippen molar-refractivity contribution in [1.29, 1.82) is 0 Å². The lowest BCUT2D eigenvalue weighted by molar-refractivity contribution is 0.122. The van der Waals surface area contributed by atoms with E-state index in [0.29, 0.717) is 0 Å². The van der Waals surface area contributed by atoms with Gasteiger partial charge in [0.05, 0.1) is 13.2 Å². The Morgan fingerprint density at radius 2 is 2.00 bits per heavy atom. The van der Waals surface area contributed by atoms with E-state index in [4.69, 9.17) is 10.5 Å². The molecule has 17 heavy (non-hydrogen) atoms. The standard InChI is InChI=1S/C14H20N2O/c1-12(15)6-7-13-4-2-3-5-14(13)16-8-10-17-11-9-16/h2-7,12H,8-11,15H2,1H3/b7-6+. The Labute approximate surface area is 103 Å². The Bertz CT molecular complexity index is 382. The SMILES string of the molecule is CC(N)/C=C/c1ccccc1N1CCOCC1. The maximum Gasteiger partial charge on any atom is 0.0642 e. The van der Waals surface area contributed by atoms with Gasteiger partial charge >= 0.3 is 0 Å². The Kier molecular flexibility index (Phi) is 4.18. The molecule has 0 aliphatic carbocycles. The third kappa shape index (κ3) is 3.32. The van der Waals surface area contributed by atoms with E-state index >= 15 is 0 Å². The Balaban J connectivity index is 2.20. The van der Waals surface area contributed by atoms with Gasteiger partial charge in [0.1, 0.15) is 0 Å². The number of benzene rings is 1. The third-order valence-electron chi connectivity index (χ3n) is 2.87. The average molecular weight is 232 g/mol. The van der Waals surface area contributed by atoms with Crippen molar-refractivity contribution in [3.63, 3.8) is 0 Å². The summed E-state index contributed by atoms with van der Waals surface area (Å²) < 4.78 is 5.38. The van der Waals surface area contributed by atoms with E-state index in [0.717, 1.165) is 26.3 Å². The zero-order valence-electron chi connectivity index (χ0n) is 10.3. The van der Waals surface area contributed by atoms with Gasteiger partial charge in [-0.1, -0.05) is 30.4 Å². The van der Waals surface area contributed by atoms with Crippen LogP contribution in [0.2, 0.25) is 0 Å². The summed E-state index contributed by atoms with van der Waals surface area (Å²) in [5, 5.41) is 0. The largest absolute Gasteiger partial charge is 0.378 e. The summed E-state index contributed by atoms with van der Waals surface area (Å²) in [5.74, 6) is 0. The summed E-state index contributed by atoms with van der Waals surface area (Å²) in [6, 6.07) is 8.52. The van der Waals surface area contributed by atoms with Crippen LogP contribution in [0.15, 0.2) is 30.3 Å². The highest BCUT2D eigenvalue weighted by molar-refractivity contribution is 5.68. The molecule has 1 unspecified atom stereocenters. The predicted octanol–water partition coefficient (Wildman–Crippen LogP) is 1.88. The number of nitrogens with zero attached hydrogens (tertiary/aromatic N) is 1. The maximum atomic E-state index is 5.75. The van der Waals surface area contributed by atoms with Crippen LogP contribution in [0.4, 0.5) is 5.69 Å². The fourth-order valence-electron chi connectivity index (χ4n) is 1.98. The number of para-hydroxylation sites is 1. The lowest BCUT2D eigenvalue weighted by atomic mass is 10.1. The molecular formula is C14H20N2O. The van der Waals surface area contributed by atoms with Crippen molar-refractivity contribution in [2.24, 2.45) is 5.73 Å². The molecule has 0 aromatic heterocycles. The Morgan fingerprint density at radius 3 is 2.71 bits per heavy atom. The molecule has 1 aromatic carbocycles. The van der Waals surface area contributed by atoms with Crippen molar-refractivity contribution in [2.45, 2.75) is 13.0 Å². The molecule has 1 heterocycles. The minimum atomic E-state index is 0.0905. The molecule has 2 rings (SSSR count). The normalized spacial score (nSPS) is 18.6. The topological polar surface area (TPSA) is 38.5 Å². The van der Waals surface area contributed by atoms with E-state index in [1.807, 2.05) is 13.0 Å². The molecule has 1 atom stereocenters. The van der Waals surface area contributed by atoms with Crippen LogP contribution in [0, 0.1) is 0 Å². The molecule has 1 aliphatic rings. The van der Waals surface area contributed by atoms with Gasteiger partial charge in [-0.15, -0.1) is 0 Å². The maximum absolute atomic E-state index is 5.75. The van der Waals surface area contributed by atoms with Crippen LogP contribution in [-0.2, 0) is 4.74 Å². The van der Waals surface area contributed by atoms with E-state index in [9.17, 15) is 0 Å². The lowest BCUT2D eigenvalue weighted by Gasteiger charge is -2.30. The number of nitrogens with two attached hydrogens (primary N) is 1. The van der Waals surface area contributed by atoms with Crippen molar-refractivity contribution >= 4 is 11.8 Å². The average Bonchev–Trinajstić information content (AvgIpc) is 2.38. The summed E-state index contributed by atoms with van der Waals surface area (Å²) in [4.78, 5) is 2.37. The first-order valence-electron chi connectivity index (χ1n) is 6.13. The lowest BCUT2D eigenvalue weighted by Crippen LogP contribution is -2.36. The smallest absolute Gasteiger partial charge is 0.0642 e. The van der Waals surface area contributed by atoms with Crippen LogP contribution in [0.5, 0.6) is 0 Å². The van der Waals surface area contributed by atoms with E-state index in [-0.39, 0.29) is 6.04 Å². The van der Waals surface area contributed by atoms with E-state index in [2.05, 4.69) is 35.2 Å². The fourth-order valence-corrected chi connectivity index (χ4v) is 1.98. The first kappa shape index (κ1) is 12.1. The number of rotatable bonds is 3. The number of ether oxygens (including phenoxy) is 1. The number of hydrogen-bond acceptors (Lipinski definition) is 3. The van der Waals surface area contributed by atoms with E-state index in [1.54, 1.807) is 0 Å². The van der Waals surface area contributed by atoms with Gasteiger partial charge in [0.2, 0.25) is 0 Å². The molecule has 0 saturated carbocycles. The molecular weight excluding hydrogens is 212 g/mol. The van der Waals surface area contributed by atoms with Crippen LogP contribution >= 0.6 is 0 Å². The summed E-state index contributed by atoms with van der Waals surface area (Å²) in [7, 11) is 0. The summed E-state index contributed by atoms with van der Waals surface area (Å²) in [6.07, 6.45) is 4.13. The molecule has 0 amide bonds. The van der Waals surface area contributed by atoms with Gasteiger partial charge in [0, 0.05) is 24.8 Å². The monoisotopic (exact) mass is 232 g/mol. The van der Waals surface area contributed by atoms with Crippen molar-refractivity contribution in [2.75, 3.05) is 31.2 Å². The molecule has 0 radical (unpaired) electrons. The molecule has 0 spiro atoms. The van der Waals surface area contributed by atoms with Crippen molar-refractivity contribution in [1.82, 2.24) is 0 Å². The molecule has 3 heteroatoms. The summed E-state index contributed by atoms with van der Waals surface area (Å²) in [5.41, 5.74) is 8.25. The first-order chi connectivity index (χ1) is 8.27. The minimum Gasteiger partial charge on any atom is -0.378 e. The van der Waals surface area contributed by atoms with Gasteiger partial charge in [-0.3, -0.25) is 0 Å². The molecule has 1 aliphatic heterocycles.